The minimum absolute atomic E-state index is 0.134. The maximum Gasteiger partial charge on any atom is 0.410 e. The number of benzene rings is 1. The lowest BCUT2D eigenvalue weighted by Crippen LogP contribution is -2.61. The van der Waals surface area contributed by atoms with Crippen LogP contribution in [-0.2, 0) is 9.53 Å². The van der Waals surface area contributed by atoms with Gasteiger partial charge in [-0.25, -0.2) is 9.78 Å². The molecule has 3 unspecified atom stereocenters. The Kier molecular flexibility index (Phi) is 7.19. The third-order valence-electron chi connectivity index (χ3n) is 6.85. The maximum atomic E-state index is 13.4. The van der Waals surface area contributed by atoms with E-state index in [0.29, 0.717) is 25.4 Å². The van der Waals surface area contributed by atoms with E-state index in [1.165, 1.54) is 0 Å². The first-order chi connectivity index (χ1) is 16.5. The van der Waals surface area contributed by atoms with Crippen LogP contribution < -0.4 is 14.5 Å². The Hall–Kier alpha value is -3.36. The fourth-order valence-corrected chi connectivity index (χ4v) is 5.05. The van der Waals surface area contributed by atoms with Crippen LogP contribution in [0.25, 0.3) is 0 Å². The normalized spacial score (nSPS) is 22.1. The van der Waals surface area contributed by atoms with E-state index in [4.69, 9.17) is 9.47 Å². The molecule has 4 rings (SSSR count). The molecule has 0 N–H and O–H groups in total. The van der Waals surface area contributed by atoms with Crippen molar-refractivity contribution < 1.29 is 19.1 Å². The van der Waals surface area contributed by atoms with Crippen LogP contribution in [0.4, 0.5) is 16.3 Å². The highest BCUT2D eigenvalue weighted by Crippen LogP contribution is 2.42. The van der Waals surface area contributed by atoms with Gasteiger partial charge in [-0.3, -0.25) is 9.78 Å². The zero-order chi connectivity index (χ0) is 24.2. The van der Waals surface area contributed by atoms with E-state index in [-0.39, 0.29) is 18.5 Å². The number of ether oxygens (including phenoxy) is 2. The number of fused-ring (bicyclic) bond motifs is 1. The van der Waals surface area contributed by atoms with E-state index < -0.39 is 18.1 Å². The molecule has 1 aromatic heterocycles. The minimum Gasteiger partial charge on any atom is -0.450 e. The van der Waals surface area contributed by atoms with Crippen molar-refractivity contribution in [3.8, 4) is 5.75 Å². The molecule has 3 atom stereocenters. The number of carbonyl (C=O) groups excluding carboxylic acids is 2. The molecular weight excluding hydrogens is 434 g/mol. The lowest BCUT2D eigenvalue weighted by molar-refractivity contribution is -0.143. The van der Waals surface area contributed by atoms with Crippen molar-refractivity contribution in [2.45, 2.75) is 39.7 Å². The topological polar surface area (TPSA) is 88.1 Å². The number of hydrogen-bond donors (Lipinski definition) is 0. The predicted octanol–water partition coefficient (Wildman–Crippen LogP) is 3.31. The summed E-state index contributed by atoms with van der Waals surface area (Å²) in [6.07, 6.45) is 4.56. The smallest absolute Gasteiger partial charge is 0.410 e. The summed E-state index contributed by atoms with van der Waals surface area (Å²) in [5.74, 6) is 0.331. The van der Waals surface area contributed by atoms with E-state index in [1.807, 2.05) is 19.1 Å². The molecule has 1 fully saturated rings. The van der Waals surface area contributed by atoms with Gasteiger partial charge in [0.2, 0.25) is 0 Å². The van der Waals surface area contributed by atoms with Crippen molar-refractivity contribution in [2.24, 2.45) is 5.92 Å². The largest absolute Gasteiger partial charge is 0.450 e. The van der Waals surface area contributed by atoms with E-state index in [9.17, 15) is 9.59 Å². The Balaban J connectivity index is 1.66. The zero-order valence-electron chi connectivity index (χ0n) is 20.3. The van der Waals surface area contributed by atoms with Gasteiger partial charge >= 0.3 is 12.1 Å². The SMILES string of the molecule is CCOC(=O)N1CCN(c2cnccn2)CC1C1C(=O)Oc2cc(N(CC)CC)ccc2C1C. The number of amides is 1. The summed E-state index contributed by atoms with van der Waals surface area (Å²) in [5, 5.41) is 0. The molecule has 0 radical (unpaired) electrons. The average Bonchev–Trinajstić information content (AvgIpc) is 2.85. The molecule has 1 aromatic carbocycles. The first-order valence-electron chi connectivity index (χ1n) is 12.0. The minimum atomic E-state index is -0.532. The molecule has 1 saturated heterocycles. The van der Waals surface area contributed by atoms with E-state index >= 15 is 0 Å². The first kappa shape index (κ1) is 23.8. The second-order valence-electron chi connectivity index (χ2n) is 8.60. The molecule has 0 bridgehead atoms. The van der Waals surface area contributed by atoms with Crippen molar-refractivity contribution >= 4 is 23.6 Å². The maximum absolute atomic E-state index is 13.4. The molecule has 2 aliphatic rings. The molecule has 2 aromatic rings. The summed E-state index contributed by atoms with van der Waals surface area (Å²) >= 11 is 0. The third kappa shape index (κ3) is 4.51. The van der Waals surface area contributed by atoms with Gasteiger partial charge in [-0.1, -0.05) is 13.0 Å². The lowest BCUT2D eigenvalue weighted by Gasteiger charge is -2.46. The van der Waals surface area contributed by atoms with Gasteiger partial charge in [-0.15, -0.1) is 0 Å². The Morgan fingerprint density at radius 3 is 2.68 bits per heavy atom. The average molecular weight is 468 g/mol. The van der Waals surface area contributed by atoms with Crippen molar-refractivity contribution in [1.29, 1.82) is 0 Å². The standard InChI is InChI=1S/C25H33N5O4/c1-5-28(6-2)18-8-9-19-17(4)23(24(31)34-21(19)14-18)20-16-29(22-15-26-10-11-27-22)12-13-30(20)25(32)33-7-3/h8-11,14-15,17,20,23H,5-7,12-13,16H2,1-4H3. The number of aromatic nitrogens is 2. The molecule has 9 nitrogen and oxygen atoms in total. The van der Waals surface area contributed by atoms with Gasteiger partial charge in [0.05, 0.1) is 24.8 Å². The van der Waals surface area contributed by atoms with Gasteiger partial charge in [0, 0.05) is 62.8 Å². The highest BCUT2D eigenvalue weighted by molar-refractivity contribution is 5.82. The number of esters is 1. The molecule has 0 spiro atoms. The van der Waals surface area contributed by atoms with Crippen molar-refractivity contribution in [3.63, 3.8) is 0 Å². The quantitative estimate of drug-likeness (QED) is 0.472. The summed E-state index contributed by atoms with van der Waals surface area (Å²) in [4.78, 5) is 40.8. The van der Waals surface area contributed by atoms with Gasteiger partial charge in [0.1, 0.15) is 11.6 Å². The van der Waals surface area contributed by atoms with Gasteiger partial charge in [0.15, 0.2) is 0 Å². The Labute approximate surface area is 200 Å². The Morgan fingerprint density at radius 2 is 2.00 bits per heavy atom. The Bertz CT molecular complexity index is 1010. The second kappa shape index (κ2) is 10.3. The number of carbonyl (C=O) groups is 2. The first-order valence-corrected chi connectivity index (χ1v) is 12.0. The van der Waals surface area contributed by atoms with Gasteiger partial charge < -0.3 is 24.2 Å². The number of anilines is 2. The molecule has 0 saturated carbocycles. The van der Waals surface area contributed by atoms with Crippen LogP contribution in [0.5, 0.6) is 5.75 Å². The molecule has 2 aliphatic heterocycles. The fraction of sp³-hybridized carbons (Fsp3) is 0.520. The zero-order valence-corrected chi connectivity index (χ0v) is 20.3. The lowest BCUT2D eigenvalue weighted by atomic mass is 9.79. The highest BCUT2D eigenvalue weighted by Gasteiger charge is 2.47. The van der Waals surface area contributed by atoms with E-state index in [2.05, 4.69) is 39.7 Å². The molecule has 182 valence electrons. The molecular formula is C25H33N5O4. The van der Waals surface area contributed by atoms with Crippen LogP contribution in [0.3, 0.4) is 0 Å². The van der Waals surface area contributed by atoms with Crippen LogP contribution in [0, 0.1) is 5.92 Å². The number of hydrogen-bond acceptors (Lipinski definition) is 8. The number of rotatable bonds is 6. The summed E-state index contributed by atoms with van der Waals surface area (Å²) in [6, 6.07) is 5.65. The van der Waals surface area contributed by atoms with Crippen LogP contribution in [-0.4, -0.2) is 72.3 Å². The van der Waals surface area contributed by atoms with Crippen LogP contribution in [0.2, 0.25) is 0 Å². The summed E-state index contributed by atoms with van der Waals surface area (Å²) < 4.78 is 11.2. The van der Waals surface area contributed by atoms with E-state index in [1.54, 1.807) is 30.4 Å². The second-order valence-corrected chi connectivity index (χ2v) is 8.60. The van der Waals surface area contributed by atoms with Crippen LogP contribution in [0.15, 0.2) is 36.8 Å². The van der Waals surface area contributed by atoms with Gasteiger partial charge in [0.25, 0.3) is 0 Å². The Morgan fingerprint density at radius 1 is 1.21 bits per heavy atom. The molecule has 3 heterocycles. The molecule has 1 amide bonds. The van der Waals surface area contributed by atoms with Crippen molar-refractivity contribution in [3.05, 3.63) is 42.4 Å². The molecule has 9 heteroatoms. The van der Waals surface area contributed by atoms with E-state index in [0.717, 1.165) is 30.2 Å². The monoisotopic (exact) mass is 467 g/mol. The number of nitrogens with zero attached hydrogens (tertiary/aromatic N) is 5. The third-order valence-corrected chi connectivity index (χ3v) is 6.85. The number of piperazine rings is 1. The van der Waals surface area contributed by atoms with Crippen molar-refractivity contribution in [2.75, 3.05) is 49.1 Å². The van der Waals surface area contributed by atoms with Gasteiger partial charge in [-0.2, -0.15) is 0 Å². The van der Waals surface area contributed by atoms with Crippen LogP contribution in [0.1, 0.15) is 39.2 Å². The van der Waals surface area contributed by atoms with Crippen molar-refractivity contribution in [1.82, 2.24) is 14.9 Å². The molecule has 34 heavy (non-hydrogen) atoms. The fourth-order valence-electron chi connectivity index (χ4n) is 5.05. The van der Waals surface area contributed by atoms with Gasteiger partial charge in [-0.05, 0) is 32.4 Å². The summed E-state index contributed by atoms with van der Waals surface area (Å²) in [6.45, 7) is 11.5. The van der Waals surface area contributed by atoms with Crippen LogP contribution >= 0.6 is 0 Å². The predicted molar refractivity (Wildman–Crippen MR) is 129 cm³/mol. The summed E-state index contributed by atoms with van der Waals surface area (Å²) in [7, 11) is 0. The molecule has 0 aliphatic carbocycles. The summed E-state index contributed by atoms with van der Waals surface area (Å²) in [5.41, 5.74) is 2.00. The highest BCUT2D eigenvalue weighted by atomic mass is 16.6.